The fourth-order valence-electron chi connectivity index (χ4n) is 2.44. The molecule has 1 aromatic carbocycles. The molecule has 1 N–H and O–H groups in total. The lowest BCUT2D eigenvalue weighted by Gasteiger charge is -2.36. The van der Waals surface area contributed by atoms with Gasteiger partial charge in [-0.1, -0.05) is 30.3 Å². The topological polar surface area (TPSA) is 38.7 Å². The van der Waals surface area contributed by atoms with Crippen LogP contribution >= 0.6 is 23.5 Å². The van der Waals surface area contributed by atoms with Gasteiger partial charge in [0.1, 0.15) is 6.10 Å². The van der Waals surface area contributed by atoms with E-state index in [-0.39, 0.29) is 12.4 Å². The van der Waals surface area contributed by atoms with Gasteiger partial charge in [0, 0.05) is 5.56 Å². The summed E-state index contributed by atoms with van der Waals surface area (Å²) in [6.45, 7) is 0.353. The van der Waals surface area contributed by atoms with Gasteiger partial charge < -0.3 is 14.6 Å². The van der Waals surface area contributed by atoms with Crippen LogP contribution in [0.25, 0.3) is 0 Å². The Hall–Kier alpha value is -0.200. The van der Waals surface area contributed by atoms with Gasteiger partial charge in [0.05, 0.1) is 17.3 Å². The van der Waals surface area contributed by atoms with Crippen LogP contribution < -0.4 is 0 Å². The molecule has 0 saturated carbocycles. The standard InChI is InChI=1S/C15H20O3S2/c16-12-10-17-15(11-5-2-1-3-6-11)18-13(12)9-14-19-7-4-8-20-14/h1-3,5-6,12-16H,4,7-10H2/t12-,13+,15?/m1/s1. The molecule has 1 aromatic rings. The minimum atomic E-state index is -0.516. The summed E-state index contributed by atoms with van der Waals surface area (Å²) in [6, 6.07) is 9.95. The van der Waals surface area contributed by atoms with Crippen LogP contribution in [0.2, 0.25) is 0 Å². The number of aliphatic hydroxyl groups excluding tert-OH is 1. The molecule has 3 rings (SSSR count). The maximum absolute atomic E-state index is 10.1. The Kier molecular flexibility index (Phi) is 5.29. The molecule has 0 aromatic heterocycles. The number of thioether (sulfide) groups is 2. The zero-order valence-electron chi connectivity index (χ0n) is 11.3. The largest absolute Gasteiger partial charge is 0.388 e. The van der Waals surface area contributed by atoms with Crippen LogP contribution in [-0.2, 0) is 9.47 Å². The minimum Gasteiger partial charge on any atom is -0.388 e. The molecule has 2 heterocycles. The van der Waals surface area contributed by atoms with Gasteiger partial charge in [-0.25, -0.2) is 0 Å². The number of benzene rings is 1. The first-order valence-electron chi connectivity index (χ1n) is 7.06. The summed E-state index contributed by atoms with van der Waals surface area (Å²) in [5.74, 6) is 2.44. The van der Waals surface area contributed by atoms with E-state index < -0.39 is 6.10 Å². The number of ether oxygens (including phenoxy) is 2. The summed E-state index contributed by atoms with van der Waals surface area (Å²) in [5, 5.41) is 10.1. The molecule has 3 atom stereocenters. The van der Waals surface area contributed by atoms with Gasteiger partial charge in [0.2, 0.25) is 0 Å². The smallest absolute Gasteiger partial charge is 0.184 e. The minimum absolute atomic E-state index is 0.128. The molecule has 0 radical (unpaired) electrons. The summed E-state index contributed by atoms with van der Waals surface area (Å²) >= 11 is 3.97. The van der Waals surface area contributed by atoms with Gasteiger partial charge in [-0.05, 0) is 24.3 Å². The number of hydrogen-bond acceptors (Lipinski definition) is 5. The third-order valence-corrected chi connectivity index (χ3v) is 6.53. The van der Waals surface area contributed by atoms with E-state index in [0.29, 0.717) is 11.2 Å². The Morgan fingerprint density at radius 3 is 2.65 bits per heavy atom. The second-order valence-electron chi connectivity index (χ2n) is 5.08. The van der Waals surface area contributed by atoms with Crippen molar-refractivity contribution >= 4 is 23.5 Å². The molecule has 2 aliphatic rings. The van der Waals surface area contributed by atoms with E-state index in [9.17, 15) is 5.11 Å². The third-order valence-electron chi connectivity index (χ3n) is 3.54. The normalized spacial score (nSPS) is 32.1. The van der Waals surface area contributed by atoms with Crippen LogP contribution in [0.1, 0.15) is 24.7 Å². The van der Waals surface area contributed by atoms with Crippen LogP contribution in [0.5, 0.6) is 0 Å². The van der Waals surface area contributed by atoms with Gasteiger partial charge in [0.15, 0.2) is 6.29 Å². The molecule has 2 fully saturated rings. The highest BCUT2D eigenvalue weighted by Crippen LogP contribution is 2.37. The molecule has 0 aliphatic carbocycles. The summed E-state index contributed by atoms with van der Waals surface area (Å²) < 4.78 is 12.1. The van der Waals surface area contributed by atoms with Gasteiger partial charge in [-0.3, -0.25) is 0 Å². The SMILES string of the molecule is O[C@@H]1COC(c2ccccc2)O[C@H]1CC1SCCCS1. The molecule has 0 bridgehead atoms. The Balaban J connectivity index is 1.61. The fourth-order valence-corrected chi connectivity index (χ4v) is 5.39. The van der Waals surface area contributed by atoms with Crippen molar-refractivity contribution in [1.29, 1.82) is 0 Å². The molecular formula is C15H20O3S2. The molecule has 0 amide bonds. The average Bonchev–Trinajstić information content (AvgIpc) is 2.51. The Labute approximate surface area is 128 Å². The first-order chi connectivity index (χ1) is 9.83. The Morgan fingerprint density at radius 2 is 1.90 bits per heavy atom. The lowest BCUT2D eigenvalue weighted by molar-refractivity contribution is -0.257. The van der Waals surface area contributed by atoms with Crippen LogP contribution in [0.15, 0.2) is 30.3 Å². The summed E-state index contributed by atoms with van der Waals surface area (Å²) in [4.78, 5) is 0. The lowest BCUT2D eigenvalue weighted by atomic mass is 10.1. The van der Waals surface area contributed by atoms with E-state index in [1.54, 1.807) is 0 Å². The summed E-state index contributed by atoms with van der Waals surface area (Å²) in [6.07, 6.45) is 1.19. The van der Waals surface area contributed by atoms with Crippen molar-refractivity contribution in [2.24, 2.45) is 0 Å². The monoisotopic (exact) mass is 312 g/mol. The van der Waals surface area contributed by atoms with Crippen LogP contribution in [-0.4, -0.2) is 40.0 Å². The second-order valence-corrected chi connectivity index (χ2v) is 8.00. The molecular weight excluding hydrogens is 292 g/mol. The average molecular weight is 312 g/mol. The third kappa shape index (κ3) is 3.71. The zero-order chi connectivity index (χ0) is 13.8. The van der Waals surface area contributed by atoms with Crippen LogP contribution in [0, 0.1) is 0 Å². The van der Waals surface area contributed by atoms with Crippen LogP contribution in [0.3, 0.4) is 0 Å². The maximum Gasteiger partial charge on any atom is 0.184 e. The summed E-state index contributed by atoms with van der Waals surface area (Å²) in [7, 11) is 0. The van der Waals surface area contributed by atoms with Gasteiger partial charge in [0.25, 0.3) is 0 Å². The molecule has 2 saturated heterocycles. The first-order valence-corrected chi connectivity index (χ1v) is 9.16. The molecule has 2 aliphatic heterocycles. The predicted octanol–water partition coefficient (Wildman–Crippen LogP) is 3.05. The zero-order valence-corrected chi connectivity index (χ0v) is 12.9. The molecule has 20 heavy (non-hydrogen) atoms. The predicted molar refractivity (Wildman–Crippen MR) is 84.0 cm³/mol. The van der Waals surface area contributed by atoms with Crippen molar-refractivity contribution in [3.05, 3.63) is 35.9 Å². The lowest BCUT2D eigenvalue weighted by Crippen LogP contribution is -2.41. The van der Waals surface area contributed by atoms with E-state index in [2.05, 4.69) is 0 Å². The van der Waals surface area contributed by atoms with E-state index in [0.717, 1.165) is 12.0 Å². The fraction of sp³-hybridized carbons (Fsp3) is 0.600. The first kappa shape index (κ1) is 14.7. The Morgan fingerprint density at radius 1 is 1.15 bits per heavy atom. The molecule has 0 spiro atoms. The van der Waals surface area contributed by atoms with Gasteiger partial charge >= 0.3 is 0 Å². The maximum atomic E-state index is 10.1. The second kappa shape index (κ2) is 7.18. The Bertz CT molecular complexity index is 409. The van der Waals surface area contributed by atoms with Crippen molar-refractivity contribution in [2.45, 2.75) is 35.9 Å². The molecule has 1 unspecified atom stereocenters. The van der Waals surface area contributed by atoms with Crippen molar-refractivity contribution in [3.63, 3.8) is 0 Å². The van der Waals surface area contributed by atoms with E-state index in [1.165, 1.54) is 17.9 Å². The van der Waals surface area contributed by atoms with Crippen molar-refractivity contribution in [1.82, 2.24) is 0 Å². The number of aliphatic hydroxyl groups is 1. The highest BCUT2D eigenvalue weighted by molar-refractivity contribution is 8.17. The van der Waals surface area contributed by atoms with E-state index in [1.807, 2.05) is 53.9 Å². The van der Waals surface area contributed by atoms with E-state index >= 15 is 0 Å². The number of rotatable bonds is 3. The number of hydrogen-bond donors (Lipinski definition) is 1. The van der Waals surface area contributed by atoms with Crippen LogP contribution in [0.4, 0.5) is 0 Å². The highest BCUT2D eigenvalue weighted by Gasteiger charge is 2.33. The molecule has 3 nitrogen and oxygen atoms in total. The van der Waals surface area contributed by atoms with Crippen molar-refractivity contribution < 1.29 is 14.6 Å². The van der Waals surface area contributed by atoms with Gasteiger partial charge in [-0.2, -0.15) is 0 Å². The van der Waals surface area contributed by atoms with Gasteiger partial charge in [-0.15, -0.1) is 23.5 Å². The highest BCUT2D eigenvalue weighted by atomic mass is 32.2. The quantitative estimate of drug-likeness (QED) is 0.929. The molecule has 5 heteroatoms. The molecule has 110 valence electrons. The summed E-state index contributed by atoms with van der Waals surface area (Å²) in [5.41, 5.74) is 1.02. The van der Waals surface area contributed by atoms with E-state index in [4.69, 9.17) is 9.47 Å². The van der Waals surface area contributed by atoms with Crippen molar-refractivity contribution in [3.8, 4) is 0 Å². The van der Waals surface area contributed by atoms with Crippen molar-refractivity contribution in [2.75, 3.05) is 18.1 Å².